The van der Waals surface area contributed by atoms with E-state index in [0.717, 1.165) is 43.2 Å². The van der Waals surface area contributed by atoms with Gasteiger partial charge in [-0.25, -0.2) is 0 Å². The number of carbonyl (C=O) groups is 4. The molecule has 47 heavy (non-hydrogen) atoms. The van der Waals surface area contributed by atoms with Crippen LogP contribution in [0.5, 0.6) is 0 Å². The quantitative estimate of drug-likeness (QED) is 0.287. The average Bonchev–Trinajstić information content (AvgIpc) is 3.07. The number of nitrogens with one attached hydrogen (secondary N) is 3. The van der Waals surface area contributed by atoms with Crippen molar-refractivity contribution < 1.29 is 24.3 Å². The highest BCUT2D eigenvalue weighted by Gasteiger charge is 2.54. The van der Waals surface area contributed by atoms with Crippen molar-refractivity contribution in [3.63, 3.8) is 0 Å². The smallest absolute Gasteiger partial charge is 0.251 e. The number of piperazine rings is 1. The topological polar surface area (TPSA) is 131 Å². The Morgan fingerprint density at radius 3 is 2.09 bits per heavy atom. The SMILES string of the molecule is CCCCN1C(=O)[C@@H](CC2(O)CCCCC2)NC(=O)C12CCN(Cc1ccc(C(=O)NCc3ccc(C(=O)NC)cc3)cc1)CC2.Cl. The van der Waals surface area contributed by atoms with Gasteiger partial charge in [0.1, 0.15) is 11.6 Å². The second kappa shape index (κ2) is 16.1. The lowest BCUT2D eigenvalue weighted by molar-refractivity contribution is -0.163. The van der Waals surface area contributed by atoms with E-state index in [0.29, 0.717) is 76.0 Å². The first-order valence-corrected chi connectivity index (χ1v) is 16.9. The van der Waals surface area contributed by atoms with Gasteiger partial charge in [0.15, 0.2) is 0 Å². The third-order valence-corrected chi connectivity index (χ3v) is 10.1. The van der Waals surface area contributed by atoms with Gasteiger partial charge in [0.05, 0.1) is 5.60 Å². The molecule has 256 valence electrons. The number of piperidine rings is 1. The van der Waals surface area contributed by atoms with Crippen molar-refractivity contribution >= 4 is 36.0 Å². The molecule has 3 fully saturated rings. The summed E-state index contributed by atoms with van der Waals surface area (Å²) in [6, 6.07) is 14.0. The van der Waals surface area contributed by atoms with Crippen LogP contribution in [-0.2, 0) is 22.7 Å². The van der Waals surface area contributed by atoms with Gasteiger partial charge in [-0.3, -0.25) is 24.1 Å². The summed E-state index contributed by atoms with van der Waals surface area (Å²) in [5.74, 6) is -0.445. The molecule has 1 saturated carbocycles. The predicted molar refractivity (Wildman–Crippen MR) is 183 cm³/mol. The van der Waals surface area contributed by atoms with E-state index in [1.807, 2.05) is 41.3 Å². The molecule has 11 heteroatoms. The van der Waals surface area contributed by atoms with Gasteiger partial charge in [-0.1, -0.05) is 56.9 Å². The molecule has 0 aromatic heterocycles. The zero-order valence-electron chi connectivity index (χ0n) is 27.7. The first kappa shape index (κ1) is 36.4. The van der Waals surface area contributed by atoms with Crippen LogP contribution in [0.2, 0.25) is 0 Å². The second-order valence-electron chi connectivity index (χ2n) is 13.3. The van der Waals surface area contributed by atoms with Crippen molar-refractivity contribution in [3.8, 4) is 0 Å². The van der Waals surface area contributed by atoms with Crippen LogP contribution < -0.4 is 16.0 Å². The summed E-state index contributed by atoms with van der Waals surface area (Å²) in [7, 11) is 1.59. The highest BCUT2D eigenvalue weighted by molar-refractivity contribution is 6.00. The van der Waals surface area contributed by atoms with Gasteiger partial charge >= 0.3 is 0 Å². The van der Waals surface area contributed by atoms with Crippen LogP contribution in [-0.4, -0.2) is 82.4 Å². The Morgan fingerprint density at radius 1 is 0.894 bits per heavy atom. The summed E-state index contributed by atoms with van der Waals surface area (Å²) < 4.78 is 0. The minimum absolute atomic E-state index is 0. The van der Waals surface area contributed by atoms with Crippen molar-refractivity contribution in [2.45, 2.75) is 101 Å². The molecule has 10 nitrogen and oxygen atoms in total. The molecule has 0 bridgehead atoms. The number of hydrogen-bond acceptors (Lipinski definition) is 6. The minimum atomic E-state index is -0.881. The summed E-state index contributed by atoms with van der Waals surface area (Å²) in [6.07, 6.45) is 7.58. The Morgan fingerprint density at radius 2 is 1.49 bits per heavy atom. The molecule has 2 heterocycles. The van der Waals surface area contributed by atoms with Crippen molar-refractivity contribution in [2.75, 3.05) is 26.7 Å². The normalized spacial score (nSPS) is 20.7. The Balaban J connectivity index is 0.00000500. The van der Waals surface area contributed by atoms with E-state index in [9.17, 15) is 24.3 Å². The Bertz CT molecular complexity index is 1390. The molecular formula is C36H50ClN5O5. The highest BCUT2D eigenvalue weighted by atomic mass is 35.5. The van der Waals surface area contributed by atoms with Gasteiger partial charge in [-0.05, 0) is 67.5 Å². The molecule has 5 rings (SSSR count). The maximum absolute atomic E-state index is 13.8. The summed E-state index contributed by atoms with van der Waals surface area (Å²) in [4.78, 5) is 56.2. The highest BCUT2D eigenvalue weighted by Crippen LogP contribution is 2.37. The molecule has 1 aliphatic carbocycles. The molecule has 1 spiro atoms. The monoisotopic (exact) mass is 667 g/mol. The molecule has 2 aliphatic heterocycles. The fraction of sp³-hybridized carbons (Fsp3) is 0.556. The van der Waals surface area contributed by atoms with E-state index in [2.05, 4.69) is 27.8 Å². The maximum atomic E-state index is 13.8. The largest absolute Gasteiger partial charge is 0.390 e. The lowest BCUT2D eigenvalue weighted by Gasteiger charge is -2.52. The van der Waals surface area contributed by atoms with Gasteiger partial charge < -0.3 is 26.0 Å². The number of carbonyl (C=O) groups excluding carboxylic acids is 4. The molecule has 3 aliphatic rings. The summed E-state index contributed by atoms with van der Waals surface area (Å²) in [5, 5.41) is 19.7. The number of halogens is 1. The van der Waals surface area contributed by atoms with E-state index >= 15 is 0 Å². The summed E-state index contributed by atoms with van der Waals surface area (Å²) in [5.41, 5.74) is 1.39. The van der Waals surface area contributed by atoms with Crippen LogP contribution in [0.25, 0.3) is 0 Å². The van der Waals surface area contributed by atoms with E-state index in [1.54, 1.807) is 19.2 Å². The van der Waals surface area contributed by atoms with Gasteiger partial charge in [0, 0.05) is 57.3 Å². The van der Waals surface area contributed by atoms with Gasteiger partial charge in [-0.15, -0.1) is 12.4 Å². The Labute approximate surface area is 284 Å². The number of aliphatic hydroxyl groups is 1. The third-order valence-electron chi connectivity index (χ3n) is 10.1. The van der Waals surface area contributed by atoms with Crippen molar-refractivity contribution in [1.29, 1.82) is 0 Å². The third kappa shape index (κ3) is 8.52. The van der Waals surface area contributed by atoms with Crippen LogP contribution in [0.4, 0.5) is 0 Å². The molecule has 0 unspecified atom stereocenters. The lowest BCUT2D eigenvalue weighted by Crippen LogP contribution is -2.73. The first-order valence-electron chi connectivity index (χ1n) is 16.9. The predicted octanol–water partition coefficient (Wildman–Crippen LogP) is 3.95. The van der Waals surface area contributed by atoms with Crippen LogP contribution in [0.3, 0.4) is 0 Å². The number of benzene rings is 2. The molecular weight excluding hydrogens is 618 g/mol. The number of nitrogens with zero attached hydrogens (tertiary/aromatic N) is 2. The van der Waals surface area contributed by atoms with Crippen LogP contribution in [0, 0.1) is 0 Å². The zero-order valence-corrected chi connectivity index (χ0v) is 28.5. The molecule has 2 saturated heterocycles. The Hall–Kier alpha value is -3.47. The van der Waals surface area contributed by atoms with E-state index in [-0.39, 0.29) is 36.0 Å². The van der Waals surface area contributed by atoms with Crippen molar-refractivity contribution in [2.24, 2.45) is 0 Å². The number of amides is 4. The summed E-state index contributed by atoms with van der Waals surface area (Å²) >= 11 is 0. The Kier molecular flexibility index (Phi) is 12.4. The number of rotatable bonds is 11. The molecule has 4 amide bonds. The number of unbranched alkanes of at least 4 members (excludes halogenated alkanes) is 1. The lowest BCUT2D eigenvalue weighted by atomic mass is 9.77. The fourth-order valence-electron chi connectivity index (χ4n) is 7.25. The van der Waals surface area contributed by atoms with Gasteiger partial charge in [-0.2, -0.15) is 0 Å². The van der Waals surface area contributed by atoms with E-state index in [4.69, 9.17) is 0 Å². The minimum Gasteiger partial charge on any atom is -0.390 e. The standard InChI is InChI=1S/C36H49N5O5.ClH/c1-3-4-20-41-33(44)30(23-35(46)16-6-5-7-17-35)39-34(45)36(41)18-21-40(22-19-36)25-27-10-14-29(15-11-27)32(43)38-24-26-8-12-28(13-9-26)31(42)37-2;/h8-15,30,46H,3-7,16-25H2,1-2H3,(H,37,42)(H,38,43)(H,39,45);1H/t30-;/m1./s1. The molecule has 2 aromatic rings. The maximum Gasteiger partial charge on any atom is 0.251 e. The molecule has 4 N–H and O–H groups in total. The van der Waals surface area contributed by atoms with Crippen molar-refractivity contribution in [1.82, 2.24) is 25.8 Å². The first-order chi connectivity index (χ1) is 22.2. The van der Waals surface area contributed by atoms with Crippen molar-refractivity contribution in [3.05, 3.63) is 70.8 Å². The molecule has 0 radical (unpaired) electrons. The van der Waals surface area contributed by atoms with E-state index < -0.39 is 17.2 Å². The van der Waals surface area contributed by atoms with Crippen LogP contribution >= 0.6 is 12.4 Å². The van der Waals surface area contributed by atoms with E-state index in [1.165, 1.54) is 0 Å². The fourth-order valence-corrected chi connectivity index (χ4v) is 7.25. The van der Waals surface area contributed by atoms with Crippen LogP contribution in [0.15, 0.2) is 48.5 Å². The van der Waals surface area contributed by atoms with Gasteiger partial charge in [0.25, 0.3) is 11.8 Å². The number of hydrogen-bond donors (Lipinski definition) is 4. The van der Waals surface area contributed by atoms with Crippen LogP contribution in [0.1, 0.15) is 103 Å². The zero-order chi connectivity index (χ0) is 32.7. The molecule has 2 aromatic carbocycles. The van der Waals surface area contributed by atoms with Gasteiger partial charge in [0.2, 0.25) is 11.8 Å². The second-order valence-corrected chi connectivity index (χ2v) is 13.3. The summed E-state index contributed by atoms with van der Waals surface area (Å²) in [6.45, 7) is 5.06. The molecule has 1 atom stereocenters. The average molecular weight is 668 g/mol. The number of likely N-dealkylation sites (tertiary alicyclic amines) is 1.